The number of amides is 1. The first-order valence-electron chi connectivity index (χ1n) is 5.25. The highest BCUT2D eigenvalue weighted by Crippen LogP contribution is 2.07. The summed E-state index contributed by atoms with van der Waals surface area (Å²) in [5.74, 6) is 0.768. The van der Waals surface area contributed by atoms with Crippen LogP contribution < -0.4 is 5.73 Å². The van der Waals surface area contributed by atoms with Crippen molar-refractivity contribution >= 4 is 5.91 Å². The van der Waals surface area contributed by atoms with E-state index >= 15 is 0 Å². The van der Waals surface area contributed by atoms with Gasteiger partial charge in [-0.1, -0.05) is 6.92 Å². The summed E-state index contributed by atoms with van der Waals surface area (Å²) in [5, 5.41) is 0. The number of carbonyl (C=O) groups excluding carboxylic acids is 1. The molecule has 1 aromatic rings. The third kappa shape index (κ3) is 3.09. The summed E-state index contributed by atoms with van der Waals surface area (Å²) in [6, 6.07) is 3.26. The molecule has 84 valence electrons. The Balaban J connectivity index is 2.60. The molecule has 4 heteroatoms. The first-order valence-corrected chi connectivity index (χ1v) is 5.25. The maximum Gasteiger partial charge on any atom is 0.239 e. The average molecular weight is 210 g/mol. The predicted octanol–water partition coefficient (Wildman–Crippen LogP) is 1.37. The molecular weight excluding hydrogens is 192 g/mol. The molecule has 1 atom stereocenters. The highest BCUT2D eigenvalue weighted by atomic mass is 16.3. The van der Waals surface area contributed by atoms with E-state index in [4.69, 9.17) is 10.2 Å². The van der Waals surface area contributed by atoms with E-state index in [-0.39, 0.29) is 5.91 Å². The van der Waals surface area contributed by atoms with E-state index in [9.17, 15) is 4.79 Å². The molecule has 4 nitrogen and oxygen atoms in total. The lowest BCUT2D eigenvalue weighted by molar-refractivity contribution is -0.133. The van der Waals surface area contributed by atoms with Crippen molar-refractivity contribution in [3.8, 4) is 0 Å². The van der Waals surface area contributed by atoms with Crippen molar-refractivity contribution < 1.29 is 9.21 Å². The Bertz CT molecular complexity index is 296. The monoisotopic (exact) mass is 210 g/mol. The van der Waals surface area contributed by atoms with Gasteiger partial charge in [-0.05, 0) is 25.5 Å². The Morgan fingerprint density at radius 2 is 2.33 bits per heavy atom. The van der Waals surface area contributed by atoms with Gasteiger partial charge in [0, 0.05) is 6.54 Å². The maximum atomic E-state index is 11.8. The third-order valence-corrected chi connectivity index (χ3v) is 2.38. The van der Waals surface area contributed by atoms with Crippen LogP contribution in [0, 0.1) is 0 Å². The minimum atomic E-state index is -0.403. The van der Waals surface area contributed by atoms with Crippen LogP contribution in [0.15, 0.2) is 22.8 Å². The van der Waals surface area contributed by atoms with E-state index in [2.05, 4.69) is 0 Å². The zero-order chi connectivity index (χ0) is 11.3. The highest BCUT2D eigenvalue weighted by molar-refractivity contribution is 5.81. The Hall–Kier alpha value is -1.29. The van der Waals surface area contributed by atoms with Gasteiger partial charge in [0.2, 0.25) is 5.91 Å². The lowest BCUT2D eigenvalue weighted by atomic mass is 10.2. The summed E-state index contributed by atoms with van der Waals surface area (Å²) < 4.78 is 5.19. The molecule has 1 aromatic heterocycles. The Morgan fingerprint density at radius 1 is 1.60 bits per heavy atom. The fourth-order valence-corrected chi connectivity index (χ4v) is 1.35. The van der Waals surface area contributed by atoms with Crippen molar-refractivity contribution in [1.82, 2.24) is 4.90 Å². The second kappa shape index (κ2) is 5.56. The highest BCUT2D eigenvalue weighted by Gasteiger charge is 2.18. The predicted molar refractivity (Wildman–Crippen MR) is 58.1 cm³/mol. The summed E-state index contributed by atoms with van der Waals surface area (Å²) in [5.41, 5.74) is 5.70. The van der Waals surface area contributed by atoms with Gasteiger partial charge in [-0.15, -0.1) is 0 Å². The molecule has 0 aliphatic heterocycles. The Labute approximate surface area is 90.0 Å². The molecule has 0 fully saturated rings. The standard InChI is InChI=1S/C11H18N2O2/c1-3-10(12)11(14)13(4-2)8-9-6-5-7-15-9/h5-7,10H,3-4,8,12H2,1-2H3/t10-/m0/s1. The second-order valence-electron chi connectivity index (χ2n) is 3.45. The molecule has 0 aromatic carbocycles. The first kappa shape index (κ1) is 11.8. The van der Waals surface area contributed by atoms with Crippen LogP contribution in [0.1, 0.15) is 26.0 Å². The lowest BCUT2D eigenvalue weighted by Gasteiger charge is -2.22. The zero-order valence-electron chi connectivity index (χ0n) is 9.27. The molecule has 0 saturated heterocycles. The van der Waals surface area contributed by atoms with Crippen LogP contribution in [0.25, 0.3) is 0 Å². The van der Waals surface area contributed by atoms with Crippen molar-refractivity contribution in [3.05, 3.63) is 24.2 Å². The quantitative estimate of drug-likeness (QED) is 0.798. The number of rotatable bonds is 5. The van der Waals surface area contributed by atoms with E-state index in [0.717, 1.165) is 5.76 Å². The van der Waals surface area contributed by atoms with Gasteiger partial charge in [0.15, 0.2) is 0 Å². The normalized spacial score (nSPS) is 12.5. The molecule has 1 heterocycles. The van der Waals surface area contributed by atoms with Crippen LogP contribution in [0.5, 0.6) is 0 Å². The molecule has 0 aliphatic rings. The van der Waals surface area contributed by atoms with Crippen molar-refractivity contribution in [2.24, 2.45) is 5.73 Å². The van der Waals surface area contributed by atoms with Gasteiger partial charge in [0.25, 0.3) is 0 Å². The summed E-state index contributed by atoms with van der Waals surface area (Å²) >= 11 is 0. The maximum absolute atomic E-state index is 11.8. The van der Waals surface area contributed by atoms with E-state index < -0.39 is 6.04 Å². The van der Waals surface area contributed by atoms with Gasteiger partial charge in [-0.3, -0.25) is 4.79 Å². The Kier molecular flexibility index (Phi) is 4.37. The van der Waals surface area contributed by atoms with Crippen LogP contribution >= 0.6 is 0 Å². The summed E-state index contributed by atoms with van der Waals surface area (Å²) in [7, 11) is 0. The van der Waals surface area contributed by atoms with Crippen molar-refractivity contribution in [3.63, 3.8) is 0 Å². The molecular formula is C11H18N2O2. The van der Waals surface area contributed by atoms with Gasteiger partial charge in [0.1, 0.15) is 5.76 Å². The van der Waals surface area contributed by atoms with Crippen molar-refractivity contribution in [2.75, 3.05) is 6.54 Å². The SMILES string of the molecule is CC[C@H](N)C(=O)N(CC)Cc1ccco1. The van der Waals surface area contributed by atoms with Gasteiger partial charge in [0.05, 0.1) is 18.8 Å². The minimum Gasteiger partial charge on any atom is -0.467 e. The number of hydrogen-bond donors (Lipinski definition) is 1. The van der Waals surface area contributed by atoms with Gasteiger partial charge in [-0.25, -0.2) is 0 Å². The van der Waals surface area contributed by atoms with Crippen molar-refractivity contribution in [2.45, 2.75) is 32.9 Å². The molecule has 0 spiro atoms. The smallest absolute Gasteiger partial charge is 0.239 e. The number of likely N-dealkylation sites (N-methyl/N-ethyl adjacent to an activating group) is 1. The molecule has 0 aliphatic carbocycles. The molecule has 15 heavy (non-hydrogen) atoms. The summed E-state index contributed by atoms with van der Waals surface area (Å²) in [6.07, 6.45) is 2.26. The third-order valence-electron chi connectivity index (χ3n) is 2.38. The van der Waals surface area contributed by atoms with Crippen LogP contribution in [-0.4, -0.2) is 23.4 Å². The van der Waals surface area contributed by atoms with E-state index in [0.29, 0.717) is 19.5 Å². The molecule has 2 N–H and O–H groups in total. The van der Waals surface area contributed by atoms with E-state index in [1.54, 1.807) is 11.2 Å². The number of nitrogens with two attached hydrogens (primary N) is 1. The fraction of sp³-hybridized carbons (Fsp3) is 0.545. The first-order chi connectivity index (χ1) is 7.19. The van der Waals surface area contributed by atoms with Gasteiger partial charge in [-0.2, -0.15) is 0 Å². The van der Waals surface area contributed by atoms with Gasteiger partial charge < -0.3 is 15.1 Å². The zero-order valence-corrected chi connectivity index (χ0v) is 9.27. The van der Waals surface area contributed by atoms with E-state index in [1.165, 1.54) is 0 Å². The summed E-state index contributed by atoms with van der Waals surface area (Å²) in [6.45, 7) is 4.98. The van der Waals surface area contributed by atoms with Crippen LogP contribution in [0.2, 0.25) is 0 Å². The van der Waals surface area contributed by atoms with Crippen LogP contribution in [0.3, 0.4) is 0 Å². The summed E-state index contributed by atoms with van der Waals surface area (Å²) in [4.78, 5) is 13.5. The average Bonchev–Trinajstić information content (AvgIpc) is 2.76. The Morgan fingerprint density at radius 3 is 2.80 bits per heavy atom. The number of hydrogen-bond acceptors (Lipinski definition) is 3. The minimum absolute atomic E-state index is 0.0172. The van der Waals surface area contributed by atoms with Gasteiger partial charge >= 0.3 is 0 Å². The molecule has 0 bridgehead atoms. The molecule has 0 radical (unpaired) electrons. The number of nitrogens with zero attached hydrogens (tertiary/aromatic N) is 1. The van der Waals surface area contributed by atoms with Crippen LogP contribution in [0.4, 0.5) is 0 Å². The van der Waals surface area contributed by atoms with E-state index in [1.807, 2.05) is 26.0 Å². The topological polar surface area (TPSA) is 59.5 Å². The lowest BCUT2D eigenvalue weighted by Crippen LogP contribution is -2.42. The molecule has 1 rings (SSSR count). The number of furan rings is 1. The molecule has 0 unspecified atom stereocenters. The molecule has 0 saturated carbocycles. The fourth-order valence-electron chi connectivity index (χ4n) is 1.35. The number of carbonyl (C=O) groups is 1. The second-order valence-corrected chi connectivity index (χ2v) is 3.45. The van der Waals surface area contributed by atoms with Crippen LogP contribution in [-0.2, 0) is 11.3 Å². The molecule has 1 amide bonds. The largest absolute Gasteiger partial charge is 0.467 e. The van der Waals surface area contributed by atoms with Crippen molar-refractivity contribution in [1.29, 1.82) is 0 Å².